The molecule has 34 heavy (non-hydrogen) atoms. The van der Waals surface area contributed by atoms with Gasteiger partial charge in [0, 0.05) is 30.8 Å². The predicted molar refractivity (Wildman–Crippen MR) is 126 cm³/mol. The third-order valence-electron chi connectivity index (χ3n) is 6.67. The fraction of sp³-hybridized carbons (Fsp3) is 0.480. The van der Waals surface area contributed by atoms with E-state index in [-0.39, 0.29) is 23.8 Å². The first-order valence-electron chi connectivity index (χ1n) is 11.4. The number of hydrogen-bond donors (Lipinski definition) is 1. The molecular formula is C25H28BrF3N2O3. The molecule has 9 heteroatoms. The maximum atomic E-state index is 13.6. The van der Waals surface area contributed by atoms with Crippen molar-refractivity contribution in [2.24, 2.45) is 0 Å². The van der Waals surface area contributed by atoms with Crippen LogP contribution in [0.4, 0.5) is 13.2 Å². The van der Waals surface area contributed by atoms with Crippen molar-refractivity contribution in [3.05, 3.63) is 64.1 Å². The summed E-state index contributed by atoms with van der Waals surface area (Å²) in [6.07, 6.45) is -2.96. The van der Waals surface area contributed by atoms with Gasteiger partial charge < -0.3 is 14.8 Å². The minimum absolute atomic E-state index is 0.0501. The highest BCUT2D eigenvalue weighted by Crippen LogP contribution is 2.35. The molecular weight excluding hydrogens is 513 g/mol. The molecule has 2 aliphatic rings. The van der Waals surface area contributed by atoms with Crippen molar-refractivity contribution in [1.82, 2.24) is 10.2 Å². The number of rotatable bonds is 6. The van der Waals surface area contributed by atoms with Gasteiger partial charge in [-0.1, -0.05) is 34.1 Å². The Kier molecular flexibility index (Phi) is 7.54. The lowest BCUT2D eigenvalue weighted by Crippen LogP contribution is -2.61. The average Bonchev–Trinajstić information content (AvgIpc) is 3.28. The Labute approximate surface area is 205 Å². The molecule has 2 aliphatic heterocycles. The highest BCUT2D eigenvalue weighted by molar-refractivity contribution is 9.10. The summed E-state index contributed by atoms with van der Waals surface area (Å²) in [6, 6.07) is 12.6. The Hall–Kier alpha value is -2.10. The Morgan fingerprint density at radius 1 is 1.21 bits per heavy atom. The second-order valence-corrected chi connectivity index (χ2v) is 9.81. The topological polar surface area (TPSA) is 50.8 Å². The van der Waals surface area contributed by atoms with Crippen LogP contribution in [0.15, 0.2) is 53.0 Å². The smallest absolute Gasteiger partial charge is 0.416 e. The van der Waals surface area contributed by atoms with Crippen LogP contribution in [-0.2, 0) is 15.7 Å². The molecule has 0 aliphatic carbocycles. The van der Waals surface area contributed by atoms with E-state index in [1.165, 1.54) is 12.1 Å². The zero-order valence-corrected chi connectivity index (χ0v) is 20.5. The minimum atomic E-state index is -4.42. The van der Waals surface area contributed by atoms with Gasteiger partial charge in [0.05, 0.1) is 11.6 Å². The van der Waals surface area contributed by atoms with Crippen molar-refractivity contribution in [3.8, 4) is 5.75 Å². The normalized spacial score (nSPS) is 21.7. The van der Waals surface area contributed by atoms with Crippen molar-refractivity contribution < 1.29 is 27.4 Å². The summed E-state index contributed by atoms with van der Waals surface area (Å²) in [6.45, 7) is 4.02. The predicted octanol–water partition coefficient (Wildman–Crippen LogP) is 5.35. The summed E-state index contributed by atoms with van der Waals surface area (Å²) >= 11 is 3.43. The van der Waals surface area contributed by atoms with Crippen molar-refractivity contribution in [3.63, 3.8) is 0 Å². The van der Waals surface area contributed by atoms with Gasteiger partial charge >= 0.3 is 6.18 Å². The van der Waals surface area contributed by atoms with Crippen molar-refractivity contribution in [1.29, 1.82) is 0 Å². The number of carbonyl (C=O) groups excluding carboxylic acids is 1. The molecule has 0 bridgehead atoms. The van der Waals surface area contributed by atoms with Crippen LogP contribution in [0.5, 0.6) is 5.75 Å². The number of nitrogens with zero attached hydrogens (tertiary/aromatic N) is 1. The Morgan fingerprint density at radius 3 is 2.59 bits per heavy atom. The molecule has 2 aromatic rings. The number of alkyl halides is 3. The standard InChI is InChI=1S/C25H28BrF3N2O3/c1-17(18-5-7-20(26)8-6-18)30-23(32)24(10-13-33-14-11-24)31-12-9-22(16-31)34-21-4-2-3-19(15-21)25(27,28)29/h2-8,15,17,22H,9-14,16H2,1H3,(H,30,32)/t17?,22-/m1/s1. The molecule has 4 rings (SSSR count). The number of carbonyl (C=O) groups is 1. The molecule has 1 N–H and O–H groups in total. The van der Waals surface area contributed by atoms with Crippen LogP contribution < -0.4 is 10.1 Å². The summed E-state index contributed by atoms with van der Waals surface area (Å²) in [5.41, 5.74) is -0.457. The van der Waals surface area contributed by atoms with Gasteiger partial charge in [0.1, 0.15) is 17.4 Å². The second-order valence-electron chi connectivity index (χ2n) is 8.89. The first kappa shape index (κ1) is 25.0. The van der Waals surface area contributed by atoms with Gasteiger partial charge in [0.15, 0.2) is 0 Å². The molecule has 0 saturated carbocycles. The summed E-state index contributed by atoms with van der Waals surface area (Å²) in [5.74, 6) is 0.141. The number of nitrogens with one attached hydrogen (secondary N) is 1. The summed E-state index contributed by atoms with van der Waals surface area (Å²) in [7, 11) is 0. The number of likely N-dealkylation sites (tertiary alicyclic amines) is 1. The van der Waals surface area contributed by atoms with E-state index >= 15 is 0 Å². The quantitative estimate of drug-likeness (QED) is 0.536. The summed E-state index contributed by atoms with van der Waals surface area (Å²) < 4.78 is 51.6. The van der Waals surface area contributed by atoms with Crippen molar-refractivity contribution in [2.45, 2.75) is 50.0 Å². The highest BCUT2D eigenvalue weighted by atomic mass is 79.9. The lowest BCUT2D eigenvalue weighted by atomic mass is 9.86. The number of hydrogen-bond acceptors (Lipinski definition) is 4. The average molecular weight is 541 g/mol. The zero-order valence-electron chi connectivity index (χ0n) is 18.9. The second kappa shape index (κ2) is 10.3. The van der Waals surface area contributed by atoms with Crippen LogP contribution in [-0.4, -0.2) is 48.8 Å². The Balaban J connectivity index is 1.45. The highest BCUT2D eigenvalue weighted by Gasteiger charge is 2.48. The van der Waals surface area contributed by atoms with Gasteiger partial charge in [0.25, 0.3) is 0 Å². The van der Waals surface area contributed by atoms with Gasteiger partial charge in [-0.2, -0.15) is 13.2 Å². The monoisotopic (exact) mass is 540 g/mol. The number of ether oxygens (including phenoxy) is 2. The first-order valence-corrected chi connectivity index (χ1v) is 12.2. The number of benzene rings is 2. The molecule has 0 spiro atoms. The van der Waals surface area contributed by atoms with Crippen molar-refractivity contribution >= 4 is 21.8 Å². The van der Waals surface area contributed by atoms with Gasteiger partial charge in [-0.15, -0.1) is 0 Å². The zero-order chi connectivity index (χ0) is 24.3. The lowest BCUT2D eigenvalue weighted by molar-refractivity contribution is -0.141. The molecule has 0 aromatic heterocycles. The number of amides is 1. The van der Waals surface area contributed by atoms with Crippen LogP contribution in [0.2, 0.25) is 0 Å². The van der Waals surface area contributed by atoms with E-state index in [2.05, 4.69) is 26.1 Å². The first-order chi connectivity index (χ1) is 16.2. The van der Waals surface area contributed by atoms with Gasteiger partial charge in [-0.05, 0) is 62.1 Å². The van der Waals surface area contributed by atoms with Crippen molar-refractivity contribution in [2.75, 3.05) is 26.3 Å². The molecule has 2 saturated heterocycles. The minimum Gasteiger partial charge on any atom is -0.489 e. The molecule has 1 unspecified atom stereocenters. The fourth-order valence-corrected chi connectivity index (χ4v) is 4.98. The third kappa shape index (κ3) is 5.58. The van der Waals surface area contributed by atoms with E-state index in [4.69, 9.17) is 9.47 Å². The molecule has 2 heterocycles. The van der Waals surface area contributed by atoms with E-state index in [1.807, 2.05) is 31.2 Å². The Morgan fingerprint density at radius 2 is 1.91 bits per heavy atom. The molecule has 2 fully saturated rings. The molecule has 1 amide bonds. The summed E-state index contributed by atoms with van der Waals surface area (Å²) in [5, 5.41) is 3.17. The van der Waals surface area contributed by atoms with Crippen LogP contribution >= 0.6 is 15.9 Å². The van der Waals surface area contributed by atoms with Gasteiger partial charge in [-0.3, -0.25) is 9.69 Å². The largest absolute Gasteiger partial charge is 0.489 e. The number of halogens is 4. The molecule has 2 atom stereocenters. The third-order valence-corrected chi connectivity index (χ3v) is 7.20. The molecule has 0 radical (unpaired) electrons. The van der Waals surface area contributed by atoms with Crippen LogP contribution in [0.3, 0.4) is 0 Å². The fourth-order valence-electron chi connectivity index (χ4n) is 4.71. The van der Waals surface area contributed by atoms with Crippen LogP contribution in [0, 0.1) is 0 Å². The maximum absolute atomic E-state index is 13.6. The molecule has 184 valence electrons. The Bertz CT molecular complexity index is 994. The van der Waals surface area contributed by atoms with Crippen LogP contribution in [0.1, 0.15) is 43.4 Å². The lowest BCUT2D eigenvalue weighted by Gasteiger charge is -2.43. The SMILES string of the molecule is CC(NC(=O)C1(N2CC[C@@H](Oc3cccc(C(F)(F)F)c3)C2)CCOCC1)c1ccc(Br)cc1. The van der Waals surface area contributed by atoms with Gasteiger partial charge in [-0.25, -0.2) is 0 Å². The molecule has 5 nitrogen and oxygen atoms in total. The molecule has 2 aromatic carbocycles. The van der Waals surface area contributed by atoms with E-state index in [0.29, 0.717) is 45.6 Å². The van der Waals surface area contributed by atoms with Crippen LogP contribution in [0.25, 0.3) is 0 Å². The van der Waals surface area contributed by atoms with Gasteiger partial charge in [0.2, 0.25) is 5.91 Å². The van der Waals surface area contributed by atoms with E-state index in [0.717, 1.165) is 22.2 Å². The maximum Gasteiger partial charge on any atom is 0.416 e. The summed E-state index contributed by atoms with van der Waals surface area (Å²) in [4.78, 5) is 15.7. The van der Waals surface area contributed by atoms with E-state index in [9.17, 15) is 18.0 Å². The van der Waals surface area contributed by atoms with E-state index < -0.39 is 17.3 Å². The van der Waals surface area contributed by atoms with E-state index in [1.54, 1.807) is 0 Å².